The number of ether oxygens (including phenoxy) is 2. The van der Waals surface area contributed by atoms with Crippen molar-refractivity contribution >= 4 is 23.0 Å². The lowest BCUT2D eigenvalue weighted by atomic mass is 10.2. The molecule has 0 radical (unpaired) electrons. The van der Waals surface area contributed by atoms with Gasteiger partial charge in [-0.05, 0) is 68.0 Å². The van der Waals surface area contributed by atoms with E-state index in [2.05, 4.69) is 10.6 Å². The number of methoxy groups -OCH3 is 1. The number of hydrogen-bond donors (Lipinski definition) is 2. The Balaban J connectivity index is 1.77. The molecule has 0 amide bonds. The Morgan fingerprint density at radius 2 is 1.83 bits per heavy atom. The number of hydrogen-bond acceptors (Lipinski definition) is 3. The zero-order chi connectivity index (χ0) is 16.7. The van der Waals surface area contributed by atoms with Gasteiger partial charge >= 0.3 is 0 Å². The first kappa shape index (κ1) is 17.1. The van der Waals surface area contributed by atoms with Gasteiger partial charge in [0.1, 0.15) is 18.1 Å². The van der Waals surface area contributed by atoms with Crippen LogP contribution in [0.15, 0.2) is 48.5 Å². The molecule has 4 nitrogen and oxygen atoms in total. The molecule has 0 aliphatic rings. The first-order valence-electron chi connectivity index (χ1n) is 7.48. The second-order valence-corrected chi connectivity index (χ2v) is 5.76. The second-order valence-electron chi connectivity index (χ2n) is 5.36. The molecular formula is C18H22N2O2S. The van der Waals surface area contributed by atoms with Crippen molar-refractivity contribution in [1.29, 1.82) is 0 Å². The molecule has 2 aromatic carbocycles. The third-order valence-corrected chi connectivity index (χ3v) is 3.43. The molecule has 2 rings (SSSR count). The maximum absolute atomic E-state index is 5.73. The van der Waals surface area contributed by atoms with Crippen molar-refractivity contribution in [1.82, 2.24) is 5.32 Å². The van der Waals surface area contributed by atoms with E-state index in [9.17, 15) is 0 Å². The molecule has 0 unspecified atom stereocenters. The minimum Gasteiger partial charge on any atom is -0.497 e. The van der Waals surface area contributed by atoms with Gasteiger partial charge in [-0.1, -0.05) is 12.1 Å². The summed E-state index contributed by atoms with van der Waals surface area (Å²) in [7, 11) is 1.64. The zero-order valence-corrected chi connectivity index (χ0v) is 14.4. The molecule has 1 atom stereocenters. The predicted molar refractivity (Wildman–Crippen MR) is 98.5 cm³/mol. The Labute approximate surface area is 142 Å². The lowest BCUT2D eigenvalue weighted by Gasteiger charge is -2.18. The van der Waals surface area contributed by atoms with Gasteiger partial charge < -0.3 is 20.1 Å². The molecule has 23 heavy (non-hydrogen) atoms. The minimum atomic E-state index is 0.0851. The summed E-state index contributed by atoms with van der Waals surface area (Å²) in [5.41, 5.74) is 2.17. The highest BCUT2D eigenvalue weighted by Gasteiger charge is 2.06. The maximum atomic E-state index is 5.73. The SMILES string of the molecule is COc1ccc(OC[C@@H](C)NC(=S)Nc2cccc(C)c2)cc1. The molecule has 0 bridgehead atoms. The van der Waals surface area contributed by atoms with Gasteiger partial charge in [-0.3, -0.25) is 0 Å². The lowest BCUT2D eigenvalue weighted by Crippen LogP contribution is -2.39. The fourth-order valence-corrected chi connectivity index (χ4v) is 2.37. The monoisotopic (exact) mass is 330 g/mol. The van der Waals surface area contributed by atoms with Crippen molar-refractivity contribution in [3.8, 4) is 11.5 Å². The van der Waals surface area contributed by atoms with Crippen LogP contribution >= 0.6 is 12.2 Å². The van der Waals surface area contributed by atoms with Crippen LogP contribution in [0.2, 0.25) is 0 Å². The third-order valence-electron chi connectivity index (χ3n) is 3.21. The highest BCUT2D eigenvalue weighted by Crippen LogP contribution is 2.17. The minimum absolute atomic E-state index is 0.0851. The van der Waals surface area contributed by atoms with Crippen LogP contribution in [0.1, 0.15) is 12.5 Å². The molecule has 0 saturated carbocycles. The van der Waals surface area contributed by atoms with Crippen LogP contribution in [0, 0.1) is 6.92 Å². The van der Waals surface area contributed by atoms with Gasteiger partial charge in [0.15, 0.2) is 5.11 Å². The van der Waals surface area contributed by atoms with Gasteiger partial charge in [-0.15, -0.1) is 0 Å². The van der Waals surface area contributed by atoms with Crippen LogP contribution in [0.5, 0.6) is 11.5 Å². The summed E-state index contributed by atoms with van der Waals surface area (Å²) in [5.74, 6) is 1.61. The van der Waals surface area contributed by atoms with E-state index in [1.807, 2.05) is 62.4 Å². The van der Waals surface area contributed by atoms with Gasteiger partial charge in [0.25, 0.3) is 0 Å². The van der Waals surface area contributed by atoms with Crippen LogP contribution in [0.3, 0.4) is 0 Å². The largest absolute Gasteiger partial charge is 0.497 e. The van der Waals surface area contributed by atoms with E-state index in [0.29, 0.717) is 11.7 Å². The Morgan fingerprint density at radius 3 is 2.48 bits per heavy atom. The number of rotatable bonds is 6. The molecule has 2 N–H and O–H groups in total. The fourth-order valence-electron chi connectivity index (χ4n) is 2.05. The Bertz CT molecular complexity index is 644. The van der Waals surface area contributed by atoms with E-state index in [-0.39, 0.29) is 6.04 Å². The van der Waals surface area contributed by atoms with Crippen molar-refractivity contribution in [2.75, 3.05) is 19.0 Å². The summed E-state index contributed by atoms with van der Waals surface area (Å²) in [4.78, 5) is 0. The third kappa shape index (κ3) is 5.79. The van der Waals surface area contributed by atoms with Gasteiger partial charge in [0, 0.05) is 5.69 Å². The highest BCUT2D eigenvalue weighted by atomic mass is 32.1. The zero-order valence-electron chi connectivity index (χ0n) is 13.6. The molecule has 0 aliphatic heterocycles. The molecule has 122 valence electrons. The summed E-state index contributed by atoms with van der Waals surface area (Å²) >= 11 is 5.32. The molecule has 0 heterocycles. The van der Waals surface area contributed by atoms with Crippen LogP contribution in [-0.4, -0.2) is 24.9 Å². The average Bonchev–Trinajstić information content (AvgIpc) is 2.53. The number of aryl methyl sites for hydroxylation is 1. The molecule has 0 aromatic heterocycles. The highest BCUT2D eigenvalue weighted by molar-refractivity contribution is 7.80. The van der Waals surface area contributed by atoms with E-state index in [1.165, 1.54) is 5.56 Å². The Hall–Kier alpha value is -2.27. The van der Waals surface area contributed by atoms with E-state index in [0.717, 1.165) is 17.2 Å². The first-order chi connectivity index (χ1) is 11.1. The molecular weight excluding hydrogens is 308 g/mol. The number of benzene rings is 2. The quantitative estimate of drug-likeness (QED) is 0.790. The summed E-state index contributed by atoms with van der Waals surface area (Å²) < 4.78 is 10.9. The van der Waals surface area contributed by atoms with Crippen molar-refractivity contribution in [2.24, 2.45) is 0 Å². The molecule has 5 heteroatoms. The molecule has 0 spiro atoms. The summed E-state index contributed by atoms with van der Waals surface area (Å²) in [5, 5.41) is 6.97. The van der Waals surface area contributed by atoms with E-state index >= 15 is 0 Å². The normalized spacial score (nSPS) is 11.4. The smallest absolute Gasteiger partial charge is 0.171 e. The van der Waals surface area contributed by atoms with Gasteiger partial charge in [-0.25, -0.2) is 0 Å². The van der Waals surface area contributed by atoms with Gasteiger partial charge in [-0.2, -0.15) is 0 Å². The van der Waals surface area contributed by atoms with Gasteiger partial charge in [0.05, 0.1) is 13.2 Å². The second kappa shape index (κ2) is 8.39. The summed E-state index contributed by atoms with van der Waals surface area (Å²) in [6.07, 6.45) is 0. The van der Waals surface area contributed by atoms with Crippen molar-refractivity contribution < 1.29 is 9.47 Å². The summed E-state index contributed by atoms with van der Waals surface area (Å²) in [6.45, 7) is 4.59. The first-order valence-corrected chi connectivity index (χ1v) is 7.88. The molecule has 0 aliphatic carbocycles. The fraction of sp³-hybridized carbons (Fsp3) is 0.278. The number of anilines is 1. The predicted octanol–water partition coefficient (Wildman–Crippen LogP) is 3.76. The molecule has 0 saturated heterocycles. The van der Waals surface area contributed by atoms with E-state index in [1.54, 1.807) is 7.11 Å². The lowest BCUT2D eigenvalue weighted by molar-refractivity contribution is 0.286. The van der Waals surface area contributed by atoms with Crippen molar-refractivity contribution in [3.05, 3.63) is 54.1 Å². The van der Waals surface area contributed by atoms with E-state index < -0.39 is 0 Å². The summed E-state index contributed by atoms with van der Waals surface area (Å²) in [6, 6.07) is 15.7. The Morgan fingerprint density at radius 1 is 1.13 bits per heavy atom. The maximum Gasteiger partial charge on any atom is 0.171 e. The van der Waals surface area contributed by atoms with Crippen LogP contribution in [0.25, 0.3) is 0 Å². The van der Waals surface area contributed by atoms with Crippen LogP contribution in [-0.2, 0) is 0 Å². The van der Waals surface area contributed by atoms with Crippen LogP contribution in [0.4, 0.5) is 5.69 Å². The Kier molecular flexibility index (Phi) is 6.23. The number of thiocarbonyl (C=S) groups is 1. The number of nitrogens with one attached hydrogen (secondary N) is 2. The van der Waals surface area contributed by atoms with Gasteiger partial charge in [0.2, 0.25) is 0 Å². The standard InChI is InChI=1S/C18H22N2O2S/c1-13-5-4-6-15(11-13)20-18(23)19-14(2)12-22-17-9-7-16(21-3)8-10-17/h4-11,14H,12H2,1-3H3,(H2,19,20,23)/t14-/m1/s1. The average molecular weight is 330 g/mol. The van der Waals surface area contributed by atoms with Crippen molar-refractivity contribution in [2.45, 2.75) is 19.9 Å². The van der Waals surface area contributed by atoms with Crippen molar-refractivity contribution in [3.63, 3.8) is 0 Å². The topological polar surface area (TPSA) is 42.5 Å². The molecule has 0 fully saturated rings. The van der Waals surface area contributed by atoms with Crippen LogP contribution < -0.4 is 20.1 Å². The molecule has 2 aromatic rings. The van der Waals surface area contributed by atoms with E-state index in [4.69, 9.17) is 21.7 Å².